The first kappa shape index (κ1) is 17.3. The Kier molecular flexibility index (Phi) is 5.22. The number of aryl methyl sites for hydroxylation is 1. The molecule has 1 aliphatic heterocycles. The lowest BCUT2D eigenvalue weighted by Crippen LogP contribution is -2.49. The molecule has 1 aromatic rings. The Bertz CT molecular complexity index is 516. The van der Waals surface area contributed by atoms with Crippen molar-refractivity contribution in [2.75, 3.05) is 19.6 Å². The molecule has 1 fully saturated rings. The van der Waals surface area contributed by atoms with Crippen molar-refractivity contribution in [1.29, 1.82) is 0 Å². The molecule has 1 saturated heterocycles. The summed E-state index contributed by atoms with van der Waals surface area (Å²) in [7, 11) is 0. The highest BCUT2D eigenvalue weighted by atomic mass is 32.1. The molecule has 6 heteroatoms. The number of amides is 1. The van der Waals surface area contributed by atoms with Crippen molar-refractivity contribution in [2.24, 2.45) is 5.41 Å². The molecule has 1 amide bonds. The van der Waals surface area contributed by atoms with Gasteiger partial charge in [-0.05, 0) is 19.8 Å². The monoisotopic (exact) mass is 327 g/mol. The van der Waals surface area contributed by atoms with E-state index in [1.54, 1.807) is 11.3 Å². The lowest BCUT2D eigenvalue weighted by Gasteiger charge is -2.36. The minimum Gasteiger partial charge on any atom is -0.352 e. The van der Waals surface area contributed by atoms with Crippen molar-refractivity contribution in [3.05, 3.63) is 16.1 Å². The van der Waals surface area contributed by atoms with Crippen LogP contribution in [0.5, 0.6) is 0 Å². The lowest BCUT2D eigenvalue weighted by atomic mass is 9.91. The SMILES string of the molecule is Cc1nc(CN2CCC(F)(CNC(=O)C(C)(C)C)CC2)cs1. The number of nitrogens with one attached hydrogen (secondary N) is 1. The molecule has 0 radical (unpaired) electrons. The fourth-order valence-electron chi connectivity index (χ4n) is 2.50. The zero-order valence-corrected chi connectivity index (χ0v) is 14.7. The van der Waals surface area contributed by atoms with Crippen LogP contribution < -0.4 is 5.32 Å². The molecule has 1 N–H and O–H groups in total. The molecule has 0 aromatic carbocycles. The second kappa shape index (κ2) is 6.62. The highest BCUT2D eigenvalue weighted by Crippen LogP contribution is 2.27. The minimum atomic E-state index is -1.28. The molecule has 0 spiro atoms. The van der Waals surface area contributed by atoms with Crippen LogP contribution in [0.4, 0.5) is 4.39 Å². The first-order valence-electron chi connectivity index (χ1n) is 7.79. The van der Waals surface area contributed by atoms with Gasteiger partial charge < -0.3 is 5.32 Å². The zero-order valence-electron chi connectivity index (χ0n) is 13.9. The molecule has 22 heavy (non-hydrogen) atoms. The lowest BCUT2D eigenvalue weighted by molar-refractivity contribution is -0.129. The van der Waals surface area contributed by atoms with Crippen LogP contribution in [0.2, 0.25) is 0 Å². The summed E-state index contributed by atoms with van der Waals surface area (Å²) in [6, 6.07) is 0. The van der Waals surface area contributed by atoms with E-state index in [0.29, 0.717) is 25.9 Å². The van der Waals surface area contributed by atoms with Crippen LogP contribution in [-0.4, -0.2) is 41.1 Å². The van der Waals surface area contributed by atoms with Gasteiger partial charge in [0.15, 0.2) is 0 Å². The van der Waals surface area contributed by atoms with Gasteiger partial charge in [0, 0.05) is 30.4 Å². The molecule has 0 unspecified atom stereocenters. The van der Waals surface area contributed by atoms with E-state index in [1.165, 1.54) is 0 Å². The maximum Gasteiger partial charge on any atom is 0.225 e. The van der Waals surface area contributed by atoms with Crippen molar-refractivity contribution in [1.82, 2.24) is 15.2 Å². The van der Waals surface area contributed by atoms with Gasteiger partial charge in [-0.3, -0.25) is 9.69 Å². The molecule has 0 bridgehead atoms. The zero-order chi connectivity index (χ0) is 16.4. The topological polar surface area (TPSA) is 45.2 Å². The van der Waals surface area contributed by atoms with Crippen molar-refractivity contribution in [3.63, 3.8) is 0 Å². The van der Waals surface area contributed by atoms with E-state index >= 15 is 0 Å². The Labute approximate surface area is 136 Å². The maximum absolute atomic E-state index is 14.8. The molecule has 1 aliphatic rings. The van der Waals surface area contributed by atoms with Gasteiger partial charge >= 0.3 is 0 Å². The number of rotatable bonds is 4. The quantitative estimate of drug-likeness (QED) is 0.925. The van der Waals surface area contributed by atoms with Crippen LogP contribution in [-0.2, 0) is 11.3 Å². The van der Waals surface area contributed by atoms with E-state index in [4.69, 9.17) is 0 Å². The van der Waals surface area contributed by atoms with E-state index in [1.807, 2.05) is 27.7 Å². The summed E-state index contributed by atoms with van der Waals surface area (Å²) in [6.45, 7) is 9.83. The smallest absolute Gasteiger partial charge is 0.225 e. The van der Waals surface area contributed by atoms with Gasteiger partial charge in [-0.2, -0.15) is 0 Å². The molecule has 124 valence electrons. The average Bonchev–Trinajstić information content (AvgIpc) is 2.83. The van der Waals surface area contributed by atoms with Crippen molar-refractivity contribution in [2.45, 2.75) is 52.8 Å². The molecule has 4 nitrogen and oxygen atoms in total. The molecular weight excluding hydrogens is 301 g/mol. The van der Waals surface area contributed by atoms with Crippen LogP contribution in [0.1, 0.15) is 44.3 Å². The first-order valence-corrected chi connectivity index (χ1v) is 8.66. The summed E-state index contributed by atoms with van der Waals surface area (Å²) in [5.41, 5.74) is -0.690. The molecular formula is C16H26FN3OS. The average molecular weight is 327 g/mol. The number of piperidine rings is 1. The summed E-state index contributed by atoms with van der Waals surface area (Å²) in [4.78, 5) is 18.5. The van der Waals surface area contributed by atoms with Gasteiger partial charge in [-0.15, -0.1) is 11.3 Å². The number of likely N-dealkylation sites (tertiary alicyclic amines) is 1. The molecule has 1 aromatic heterocycles. The van der Waals surface area contributed by atoms with Gasteiger partial charge in [0.25, 0.3) is 0 Å². The number of halogens is 1. The number of carbonyl (C=O) groups is 1. The second-order valence-corrected chi connectivity index (χ2v) is 8.28. The molecule has 0 aliphatic carbocycles. The van der Waals surface area contributed by atoms with E-state index < -0.39 is 11.1 Å². The van der Waals surface area contributed by atoms with Gasteiger partial charge in [0.1, 0.15) is 5.67 Å². The van der Waals surface area contributed by atoms with E-state index in [9.17, 15) is 9.18 Å². The van der Waals surface area contributed by atoms with Gasteiger partial charge in [-0.25, -0.2) is 9.37 Å². The van der Waals surface area contributed by atoms with Crippen LogP contribution in [0.3, 0.4) is 0 Å². The third-order valence-corrected chi connectivity index (χ3v) is 4.87. The van der Waals surface area contributed by atoms with Crippen LogP contribution in [0.15, 0.2) is 5.38 Å². The standard InChI is InChI=1S/C16H26FN3OS/c1-12-19-13(10-22-12)9-20-7-5-16(17,6-8-20)11-18-14(21)15(2,3)4/h10H,5-9,11H2,1-4H3,(H,18,21). The minimum absolute atomic E-state index is 0.0927. The summed E-state index contributed by atoms with van der Waals surface area (Å²) < 4.78 is 14.8. The molecule has 0 saturated carbocycles. The van der Waals surface area contributed by atoms with Crippen LogP contribution in [0, 0.1) is 12.3 Å². The third-order valence-electron chi connectivity index (χ3n) is 4.05. The fourth-order valence-corrected chi connectivity index (χ4v) is 3.11. The summed E-state index contributed by atoms with van der Waals surface area (Å²) >= 11 is 1.65. The van der Waals surface area contributed by atoms with E-state index in [0.717, 1.165) is 17.2 Å². The Morgan fingerprint density at radius 2 is 2.09 bits per heavy atom. The Hall–Kier alpha value is -1.01. The molecule has 0 atom stereocenters. The number of thiazole rings is 1. The van der Waals surface area contributed by atoms with Crippen LogP contribution in [0.25, 0.3) is 0 Å². The molecule has 2 rings (SSSR count). The summed E-state index contributed by atoms with van der Waals surface area (Å²) in [5.74, 6) is -0.0927. The van der Waals surface area contributed by atoms with Crippen molar-refractivity contribution >= 4 is 17.2 Å². The fraction of sp³-hybridized carbons (Fsp3) is 0.750. The van der Waals surface area contributed by atoms with Gasteiger partial charge in [0.05, 0.1) is 17.2 Å². The predicted octanol–water partition coefficient (Wildman–Crippen LogP) is 2.92. The van der Waals surface area contributed by atoms with Gasteiger partial charge in [0.2, 0.25) is 5.91 Å². The van der Waals surface area contributed by atoms with Crippen molar-refractivity contribution in [3.8, 4) is 0 Å². The van der Waals surface area contributed by atoms with E-state index in [2.05, 4.69) is 20.6 Å². The Balaban J connectivity index is 1.79. The molecule has 2 heterocycles. The number of carbonyl (C=O) groups excluding carboxylic acids is 1. The number of nitrogens with zero attached hydrogens (tertiary/aromatic N) is 2. The van der Waals surface area contributed by atoms with Gasteiger partial charge in [-0.1, -0.05) is 20.8 Å². The van der Waals surface area contributed by atoms with Crippen LogP contribution >= 0.6 is 11.3 Å². The summed E-state index contributed by atoms with van der Waals surface area (Å²) in [5, 5.41) is 5.89. The highest BCUT2D eigenvalue weighted by Gasteiger charge is 2.35. The largest absolute Gasteiger partial charge is 0.352 e. The number of hydrogen-bond donors (Lipinski definition) is 1. The van der Waals surface area contributed by atoms with E-state index in [-0.39, 0.29) is 12.5 Å². The van der Waals surface area contributed by atoms with Crippen molar-refractivity contribution < 1.29 is 9.18 Å². The number of alkyl halides is 1. The normalized spacial score (nSPS) is 19.1. The highest BCUT2D eigenvalue weighted by molar-refractivity contribution is 7.09. The number of aromatic nitrogens is 1. The Morgan fingerprint density at radius 1 is 1.45 bits per heavy atom. The second-order valence-electron chi connectivity index (χ2n) is 7.22. The number of hydrogen-bond acceptors (Lipinski definition) is 4. The summed E-state index contributed by atoms with van der Waals surface area (Å²) in [6.07, 6.45) is 0.918. The third kappa shape index (κ3) is 4.74. The maximum atomic E-state index is 14.8. The first-order chi connectivity index (χ1) is 10.2. The predicted molar refractivity (Wildman–Crippen MR) is 87.7 cm³/mol. The Morgan fingerprint density at radius 3 is 2.59 bits per heavy atom.